The lowest BCUT2D eigenvalue weighted by Crippen LogP contribution is -2.51. The van der Waals surface area contributed by atoms with Gasteiger partial charge in [0.25, 0.3) is 0 Å². The number of aliphatic hydroxyl groups is 3. The minimum absolute atomic E-state index is 0.280. The number of rotatable bonds is 7. The highest BCUT2D eigenvalue weighted by Gasteiger charge is 2.35. The Hall–Kier alpha value is -0.280. The first-order chi connectivity index (χ1) is 8.15. The molecule has 7 nitrogen and oxygen atoms in total. The highest BCUT2D eigenvalue weighted by Crippen LogP contribution is 2.18. The average molecular weight is 249 g/mol. The SMILES string of the molecule is NCCNCCNCC1CC(O)C(O)C(O)O1. The smallest absolute Gasteiger partial charge is 0.183 e. The summed E-state index contributed by atoms with van der Waals surface area (Å²) >= 11 is 0. The van der Waals surface area contributed by atoms with Crippen molar-refractivity contribution in [3.05, 3.63) is 0 Å². The molecule has 1 aliphatic rings. The summed E-state index contributed by atoms with van der Waals surface area (Å²) in [6, 6.07) is 0. The van der Waals surface area contributed by atoms with Crippen LogP contribution in [0, 0.1) is 0 Å². The Morgan fingerprint density at radius 3 is 2.47 bits per heavy atom. The number of nitrogens with two attached hydrogens (primary N) is 1. The van der Waals surface area contributed by atoms with Crippen LogP contribution in [-0.2, 0) is 4.74 Å². The van der Waals surface area contributed by atoms with Crippen LogP contribution in [0.15, 0.2) is 0 Å². The fraction of sp³-hybridized carbons (Fsp3) is 1.00. The van der Waals surface area contributed by atoms with Crippen molar-refractivity contribution in [2.24, 2.45) is 5.73 Å². The van der Waals surface area contributed by atoms with E-state index in [-0.39, 0.29) is 6.10 Å². The van der Waals surface area contributed by atoms with Gasteiger partial charge in [-0.15, -0.1) is 0 Å². The Bertz CT molecular complexity index is 196. The van der Waals surface area contributed by atoms with Crippen molar-refractivity contribution in [3.63, 3.8) is 0 Å². The molecule has 4 unspecified atom stereocenters. The molecule has 17 heavy (non-hydrogen) atoms. The molecule has 0 amide bonds. The molecule has 0 aromatic carbocycles. The molecule has 1 heterocycles. The van der Waals surface area contributed by atoms with Crippen molar-refractivity contribution in [1.29, 1.82) is 0 Å². The van der Waals surface area contributed by atoms with E-state index in [1.165, 1.54) is 0 Å². The Balaban J connectivity index is 2.07. The lowest BCUT2D eigenvalue weighted by Gasteiger charge is -2.34. The van der Waals surface area contributed by atoms with Crippen molar-refractivity contribution in [2.75, 3.05) is 32.7 Å². The standard InChI is InChI=1S/C10H23N3O4/c11-1-2-12-3-4-13-6-7-5-8(14)9(15)10(16)17-7/h7-10,12-16H,1-6,11H2. The van der Waals surface area contributed by atoms with Gasteiger partial charge in [-0.25, -0.2) is 0 Å². The van der Waals surface area contributed by atoms with Crippen molar-refractivity contribution < 1.29 is 20.1 Å². The van der Waals surface area contributed by atoms with E-state index in [2.05, 4.69) is 10.6 Å². The number of ether oxygens (including phenoxy) is 1. The second-order valence-corrected chi connectivity index (χ2v) is 4.19. The second-order valence-electron chi connectivity index (χ2n) is 4.19. The molecular formula is C10H23N3O4. The van der Waals surface area contributed by atoms with Gasteiger partial charge in [0.15, 0.2) is 6.29 Å². The van der Waals surface area contributed by atoms with Crippen LogP contribution in [0.4, 0.5) is 0 Å². The molecular weight excluding hydrogens is 226 g/mol. The molecule has 0 bridgehead atoms. The van der Waals surface area contributed by atoms with Crippen molar-refractivity contribution in [1.82, 2.24) is 10.6 Å². The summed E-state index contributed by atoms with van der Waals surface area (Å²) in [5, 5.41) is 34.3. The molecule has 0 spiro atoms. The fourth-order valence-corrected chi connectivity index (χ4v) is 1.73. The van der Waals surface area contributed by atoms with Gasteiger partial charge in [-0.2, -0.15) is 0 Å². The number of aliphatic hydroxyl groups excluding tert-OH is 3. The largest absolute Gasteiger partial charge is 0.390 e. The molecule has 0 aromatic heterocycles. The van der Waals surface area contributed by atoms with Crippen LogP contribution in [0.2, 0.25) is 0 Å². The lowest BCUT2D eigenvalue weighted by atomic mass is 10.0. The Morgan fingerprint density at radius 1 is 1.12 bits per heavy atom. The van der Waals surface area contributed by atoms with Gasteiger partial charge in [0, 0.05) is 39.1 Å². The van der Waals surface area contributed by atoms with E-state index in [0.29, 0.717) is 19.5 Å². The normalized spacial score (nSPS) is 33.9. The van der Waals surface area contributed by atoms with E-state index in [0.717, 1.165) is 19.6 Å². The van der Waals surface area contributed by atoms with E-state index in [4.69, 9.17) is 10.5 Å². The van der Waals surface area contributed by atoms with Gasteiger partial charge >= 0.3 is 0 Å². The molecule has 1 aliphatic heterocycles. The monoisotopic (exact) mass is 249 g/mol. The molecule has 7 heteroatoms. The van der Waals surface area contributed by atoms with Crippen LogP contribution in [0.1, 0.15) is 6.42 Å². The minimum Gasteiger partial charge on any atom is -0.390 e. The first-order valence-electron chi connectivity index (χ1n) is 5.96. The second kappa shape index (κ2) is 7.93. The summed E-state index contributed by atoms with van der Waals surface area (Å²) in [6.45, 7) is 3.49. The zero-order chi connectivity index (χ0) is 12.7. The zero-order valence-corrected chi connectivity index (χ0v) is 9.88. The van der Waals surface area contributed by atoms with Gasteiger partial charge in [0.1, 0.15) is 6.10 Å². The third-order valence-corrected chi connectivity index (χ3v) is 2.69. The lowest BCUT2D eigenvalue weighted by molar-refractivity contribution is -0.245. The fourth-order valence-electron chi connectivity index (χ4n) is 1.73. The van der Waals surface area contributed by atoms with Crippen molar-refractivity contribution >= 4 is 0 Å². The Labute approximate surface area is 101 Å². The quantitative estimate of drug-likeness (QED) is 0.265. The molecule has 0 saturated carbocycles. The maximum atomic E-state index is 9.45. The first-order valence-corrected chi connectivity index (χ1v) is 5.96. The third kappa shape index (κ3) is 5.26. The van der Waals surface area contributed by atoms with Crippen LogP contribution in [0.25, 0.3) is 0 Å². The molecule has 1 saturated heterocycles. The minimum atomic E-state index is -1.30. The summed E-state index contributed by atoms with van der Waals surface area (Å²) < 4.78 is 5.14. The van der Waals surface area contributed by atoms with Gasteiger partial charge in [0.05, 0.1) is 12.2 Å². The maximum absolute atomic E-state index is 9.45. The molecule has 7 N–H and O–H groups in total. The summed E-state index contributed by atoms with van der Waals surface area (Å²) in [6.07, 6.45) is -3.40. The topological polar surface area (TPSA) is 120 Å². The Kier molecular flexibility index (Phi) is 6.90. The van der Waals surface area contributed by atoms with E-state index >= 15 is 0 Å². The highest BCUT2D eigenvalue weighted by atomic mass is 16.6. The van der Waals surface area contributed by atoms with Crippen LogP contribution in [0.5, 0.6) is 0 Å². The summed E-state index contributed by atoms with van der Waals surface area (Å²) in [5.41, 5.74) is 5.32. The maximum Gasteiger partial charge on any atom is 0.183 e. The zero-order valence-electron chi connectivity index (χ0n) is 9.88. The average Bonchev–Trinajstić information content (AvgIpc) is 2.30. The van der Waals surface area contributed by atoms with E-state index in [9.17, 15) is 15.3 Å². The molecule has 0 aliphatic carbocycles. The molecule has 0 aromatic rings. The molecule has 1 rings (SSSR count). The van der Waals surface area contributed by atoms with Gasteiger partial charge in [-0.05, 0) is 0 Å². The summed E-state index contributed by atoms with van der Waals surface area (Å²) in [4.78, 5) is 0. The summed E-state index contributed by atoms with van der Waals surface area (Å²) in [5.74, 6) is 0. The number of nitrogens with one attached hydrogen (secondary N) is 2. The van der Waals surface area contributed by atoms with Crippen LogP contribution < -0.4 is 16.4 Å². The van der Waals surface area contributed by atoms with Crippen LogP contribution in [-0.4, -0.2) is 72.6 Å². The van der Waals surface area contributed by atoms with E-state index in [1.807, 2.05) is 0 Å². The van der Waals surface area contributed by atoms with E-state index in [1.54, 1.807) is 0 Å². The predicted octanol–water partition coefficient (Wildman–Crippen LogP) is -3.05. The number of hydrogen-bond acceptors (Lipinski definition) is 7. The third-order valence-electron chi connectivity index (χ3n) is 2.69. The molecule has 4 atom stereocenters. The van der Waals surface area contributed by atoms with Gasteiger partial charge < -0.3 is 36.4 Å². The van der Waals surface area contributed by atoms with E-state index < -0.39 is 18.5 Å². The van der Waals surface area contributed by atoms with Gasteiger partial charge in [0.2, 0.25) is 0 Å². The van der Waals surface area contributed by atoms with Crippen LogP contribution >= 0.6 is 0 Å². The highest BCUT2D eigenvalue weighted by molar-refractivity contribution is 4.81. The predicted molar refractivity (Wildman–Crippen MR) is 62.3 cm³/mol. The molecule has 102 valence electrons. The van der Waals surface area contributed by atoms with Gasteiger partial charge in [-0.1, -0.05) is 0 Å². The van der Waals surface area contributed by atoms with Gasteiger partial charge in [-0.3, -0.25) is 0 Å². The van der Waals surface area contributed by atoms with Crippen molar-refractivity contribution in [2.45, 2.75) is 31.0 Å². The van der Waals surface area contributed by atoms with Crippen LogP contribution in [0.3, 0.4) is 0 Å². The molecule has 0 radical (unpaired) electrons. The number of hydrogen-bond donors (Lipinski definition) is 6. The molecule has 1 fully saturated rings. The Morgan fingerprint density at radius 2 is 1.82 bits per heavy atom. The van der Waals surface area contributed by atoms with Crippen molar-refractivity contribution in [3.8, 4) is 0 Å². The summed E-state index contributed by atoms with van der Waals surface area (Å²) in [7, 11) is 0. The first kappa shape index (κ1) is 14.8.